The van der Waals surface area contributed by atoms with Crippen molar-refractivity contribution < 1.29 is 9.18 Å². The quantitative estimate of drug-likeness (QED) is 0.843. The van der Waals surface area contributed by atoms with Gasteiger partial charge < -0.3 is 15.1 Å². The molecule has 6 heteroatoms. The van der Waals surface area contributed by atoms with Crippen molar-refractivity contribution in [3.63, 3.8) is 0 Å². The summed E-state index contributed by atoms with van der Waals surface area (Å²) < 4.78 is 14.1. The highest BCUT2D eigenvalue weighted by atomic mass is 19.1. The van der Waals surface area contributed by atoms with Crippen LogP contribution in [0.25, 0.3) is 0 Å². The van der Waals surface area contributed by atoms with Crippen LogP contribution >= 0.6 is 0 Å². The number of anilines is 2. The average molecular weight is 397 g/mol. The fourth-order valence-corrected chi connectivity index (χ4v) is 4.23. The Bertz CT molecular complexity index is 833. The van der Waals surface area contributed by atoms with Crippen LogP contribution in [-0.4, -0.2) is 48.0 Å². The van der Waals surface area contributed by atoms with Crippen molar-refractivity contribution in [2.45, 2.75) is 38.6 Å². The molecule has 1 N–H and O–H groups in total. The lowest BCUT2D eigenvalue weighted by molar-refractivity contribution is 0.0697. The highest BCUT2D eigenvalue weighted by Gasteiger charge is 2.23. The summed E-state index contributed by atoms with van der Waals surface area (Å²) in [4.78, 5) is 21.1. The van der Waals surface area contributed by atoms with E-state index in [4.69, 9.17) is 0 Å². The van der Waals surface area contributed by atoms with E-state index in [1.807, 2.05) is 29.2 Å². The van der Waals surface area contributed by atoms with Crippen molar-refractivity contribution in [2.24, 2.45) is 5.92 Å². The molecule has 2 aliphatic rings. The number of nitrogens with zero attached hydrogens (tertiary/aromatic N) is 3. The van der Waals surface area contributed by atoms with Gasteiger partial charge in [0.1, 0.15) is 11.6 Å². The minimum atomic E-state index is -0.179. The third-order valence-electron chi connectivity index (χ3n) is 6.05. The van der Waals surface area contributed by atoms with Crippen LogP contribution in [-0.2, 0) is 0 Å². The molecule has 1 atom stereocenters. The van der Waals surface area contributed by atoms with Gasteiger partial charge in [-0.25, -0.2) is 9.37 Å². The van der Waals surface area contributed by atoms with Gasteiger partial charge in [0.25, 0.3) is 5.91 Å². The fourth-order valence-electron chi connectivity index (χ4n) is 4.23. The minimum absolute atomic E-state index is 0.0688. The molecule has 0 saturated carbocycles. The first kappa shape index (κ1) is 19.7. The SMILES string of the molecule is CC1CCN(C(=O)c2ccc(NC3CCCN(c4ccccc4F)C3)nc2)CC1. The van der Waals surface area contributed by atoms with Crippen LogP contribution in [0.2, 0.25) is 0 Å². The number of piperidine rings is 2. The third-order valence-corrected chi connectivity index (χ3v) is 6.05. The summed E-state index contributed by atoms with van der Waals surface area (Å²) in [5.41, 5.74) is 1.30. The maximum absolute atomic E-state index is 14.1. The number of likely N-dealkylation sites (tertiary alicyclic amines) is 1. The van der Waals surface area contributed by atoms with Crippen molar-refractivity contribution in [3.05, 3.63) is 54.0 Å². The van der Waals surface area contributed by atoms with Gasteiger partial charge in [-0.15, -0.1) is 0 Å². The summed E-state index contributed by atoms with van der Waals surface area (Å²) in [5.74, 6) is 1.35. The van der Waals surface area contributed by atoms with Crippen LogP contribution in [0.5, 0.6) is 0 Å². The first-order valence-electron chi connectivity index (χ1n) is 10.6. The van der Waals surface area contributed by atoms with E-state index < -0.39 is 0 Å². The van der Waals surface area contributed by atoms with Crippen molar-refractivity contribution in [1.82, 2.24) is 9.88 Å². The predicted molar refractivity (Wildman–Crippen MR) is 114 cm³/mol. The van der Waals surface area contributed by atoms with Crippen molar-refractivity contribution in [2.75, 3.05) is 36.4 Å². The smallest absolute Gasteiger partial charge is 0.255 e. The van der Waals surface area contributed by atoms with Gasteiger partial charge in [0.2, 0.25) is 0 Å². The van der Waals surface area contributed by atoms with E-state index in [0.717, 1.165) is 57.7 Å². The predicted octanol–water partition coefficient (Wildman–Crippen LogP) is 4.17. The molecule has 2 aromatic rings. The number of pyridine rings is 1. The Morgan fingerprint density at radius 2 is 1.90 bits per heavy atom. The van der Waals surface area contributed by atoms with Crippen LogP contribution in [0.1, 0.15) is 43.0 Å². The molecule has 1 aromatic heterocycles. The lowest BCUT2D eigenvalue weighted by atomic mass is 9.99. The van der Waals surface area contributed by atoms with Gasteiger partial charge >= 0.3 is 0 Å². The fraction of sp³-hybridized carbons (Fsp3) is 0.478. The second-order valence-electron chi connectivity index (χ2n) is 8.29. The van der Waals surface area contributed by atoms with Crippen molar-refractivity contribution in [1.29, 1.82) is 0 Å². The maximum atomic E-state index is 14.1. The molecule has 0 spiro atoms. The van der Waals surface area contributed by atoms with Crippen LogP contribution in [0.4, 0.5) is 15.9 Å². The van der Waals surface area contributed by atoms with E-state index in [9.17, 15) is 9.18 Å². The van der Waals surface area contributed by atoms with Crippen LogP contribution < -0.4 is 10.2 Å². The van der Waals surface area contributed by atoms with Crippen LogP contribution in [0.3, 0.4) is 0 Å². The number of para-hydroxylation sites is 1. The van der Waals surface area contributed by atoms with E-state index in [2.05, 4.69) is 22.1 Å². The number of carbonyl (C=O) groups excluding carboxylic acids is 1. The zero-order valence-electron chi connectivity index (χ0n) is 17.0. The number of carbonyl (C=O) groups is 1. The number of hydrogen-bond donors (Lipinski definition) is 1. The molecule has 1 aromatic carbocycles. The average Bonchev–Trinajstić information content (AvgIpc) is 2.75. The Labute approximate surface area is 171 Å². The number of rotatable bonds is 4. The first-order valence-corrected chi connectivity index (χ1v) is 10.6. The van der Waals surface area contributed by atoms with Gasteiger partial charge in [-0.05, 0) is 55.9 Å². The molecule has 5 nitrogen and oxygen atoms in total. The lowest BCUT2D eigenvalue weighted by Gasteiger charge is -2.35. The molecule has 2 saturated heterocycles. The van der Waals surface area contributed by atoms with Gasteiger partial charge in [-0.3, -0.25) is 4.79 Å². The molecule has 0 radical (unpaired) electrons. The first-order chi connectivity index (χ1) is 14.1. The zero-order chi connectivity index (χ0) is 20.2. The monoisotopic (exact) mass is 396 g/mol. The molecule has 154 valence electrons. The number of aromatic nitrogens is 1. The van der Waals surface area contributed by atoms with Gasteiger partial charge in [0, 0.05) is 38.4 Å². The molecule has 2 aliphatic heterocycles. The molecule has 29 heavy (non-hydrogen) atoms. The Morgan fingerprint density at radius 3 is 2.62 bits per heavy atom. The van der Waals surface area contributed by atoms with Crippen molar-refractivity contribution in [3.8, 4) is 0 Å². The molecule has 1 unspecified atom stereocenters. The van der Waals surface area contributed by atoms with Crippen LogP contribution in [0, 0.1) is 11.7 Å². The van der Waals surface area contributed by atoms with E-state index in [0.29, 0.717) is 17.2 Å². The Kier molecular flexibility index (Phi) is 5.97. The number of amides is 1. The summed E-state index contributed by atoms with van der Waals surface area (Å²) in [7, 11) is 0. The molecule has 4 rings (SSSR count). The van der Waals surface area contributed by atoms with E-state index >= 15 is 0 Å². The summed E-state index contributed by atoms with van der Waals surface area (Å²) in [5, 5.41) is 3.45. The molecule has 3 heterocycles. The number of benzene rings is 1. The standard InChI is InChI=1S/C23H29FN4O/c1-17-10-13-27(14-11-17)23(29)18-8-9-22(25-15-18)26-19-5-4-12-28(16-19)21-7-3-2-6-20(21)24/h2-3,6-9,15,17,19H,4-5,10-14,16H2,1H3,(H,25,26). The summed E-state index contributed by atoms with van der Waals surface area (Å²) >= 11 is 0. The topological polar surface area (TPSA) is 48.5 Å². The number of halogens is 1. The Balaban J connectivity index is 1.36. The molecule has 0 bridgehead atoms. The largest absolute Gasteiger partial charge is 0.367 e. The van der Waals surface area contributed by atoms with Gasteiger partial charge in [0.15, 0.2) is 0 Å². The van der Waals surface area contributed by atoms with E-state index in [1.54, 1.807) is 12.3 Å². The molecular weight excluding hydrogens is 367 g/mol. The minimum Gasteiger partial charge on any atom is -0.367 e. The zero-order valence-corrected chi connectivity index (χ0v) is 17.0. The highest BCUT2D eigenvalue weighted by Crippen LogP contribution is 2.24. The van der Waals surface area contributed by atoms with Gasteiger partial charge in [0.05, 0.1) is 11.3 Å². The lowest BCUT2D eigenvalue weighted by Crippen LogP contribution is -2.42. The Morgan fingerprint density at radius 1 is 1.10 bits per heavy atom. The Hall–Kier alpha value is -2.63. The summed E-state index contributed by atoms with van der Waals surface area (Å²) in [6.45, 7) is 5.48. The third kappa shape index (κ3) is 4.69. The molecule has 0 aliphatic carbocycles. The second kappa shape index (κ2) is 8.80. The van der Waals surface area contributed by atoms with E-state index in [1.165, 1.54) is 6.07 Å². The number of hydrogen-bond acceptors (Lipinski definition) is 4. The highest BCUT2D eigenvalue weighted by molar-refractivity contribution is 5.94. The van der Waals surface area contributed by atoms with Gasteiger partial charge in [-0.2, -0.15) is 0 Å². The summed E-state index contributed by atoms with van der Waals surface area (Å²) in [6.07, 6.45) is 5.81. The maximum Gasteiger partial charge on any atom is 0.255 e. The normalized spacial score (nSPS) is 20.6. The molecular formula is C23H29FN4O. The molecule has 2 fully saturated rings. The summed E-state index contributed by atoms with van der Waals surface area (Å²) in [6, 6.07) is 10.9. The number of nitrogens with one attached hydrogen (secondary N) is 1. The molecule has 1 amide bonds. The van der Waals surface area contributed by atoms with Crippen LogP contribution in [0.15, 0.2) is 42.6 Å². The second-order valence-corrected chi connectivity index (χ2v) is 8.29. The van der Waals surface area contributed by atoms with Crippen molar-refractivity contribution >= 4 is 17.4 Å². The van der Waals surface area contributed by atoms with Gasteiger partial charge in [-0.1, -0.05) is 19.1 Å². The van der Waals surface area contributed by atoms with E-state index in [-0.39, 0.29) is 17.8 Å².